The molecule has 0 radical (unpaired) electrons. The average molecular weight is 344 g/mol. The number of carbonyl (C=O) groups is 1. The van der Waals surface area contributed by atoms with Crippen molar-refractivity contribution >= 4 is 5.97 Å². The first-order valence-corrected chi connectivity index (χ1v) is 9.46. The van der Waals surface area contributed by atoms with Gasteiger partial charge in [-0.2, -0.15) is 0 Å². The minimum absolute atomic E-state index is 0.0625. The molecule has 136 valence electrons. The highest BCUT2D eigenvalue weighted by molar-refractivity contribution is 5.68. The van der Waals surface area contributed by atoms with Crippen LogP contribution in [0.5, 0.6) is 5.75 Å². The van der Waals surface area contributed by atoms with E-state index in [1.807, 2.05) is 13.0 Å². The van der Waals surface area contributed by atoms with Crippen LogP contribution in [0.1, 0.15) is 52.2 Å². The molecule has 1 saturated carbocycles. The fraction of sp³-hybridized carbons (Fsp3) is 0.667. The zero-order valence-corrected chi connectivity index (χ0v) is 15.6. The number of hydrogen-bond donors (Lipinski definition) is 0. The van der Waals surface area contributed by atoms with Crippen LogP contribution < -0.4 is 4.74 Å². The molecule has 4 rings (SSSR count). The Morgan fingerprint density at radius 2 is 2.08 bits per heavy atom. The summed E-state index contributed by atoms with van der Waals surface area (Å²) in [6.45, 7) is 9.70. The Hall–Kier alpha value is -1.55. The van der Waals surface area contributed by atoms with Crippen molar-refractivity contribution in [3.8, 4) is 5.75 Å². The summed E-state index contributed by atoms with van der Waals surface area (Å²) >= 11 is 0. The molecule has 1 aliphatic carbocycles. The van der Waals surface area contributed by atoms with E-state index >= 15 is 0 Å². The summed E-state index contributed by atoms with van der Waals surface area (Å²) in [5.74, 6) is 1.82. The van der Waals surface area contributed by atoms with Crippen LogP contribution in [0, 0.1) is 23.2 Å². The summed E-state index contributed by atoms with van der Waals surface area (Å²) in [6, 6.07) is 8.24. The van der Waals surface area contributed by atoms with Crippen molar-refractivity contribution in [3.63, 3.8) is 0 Å². The van der Waals surface area contributed by atoms with Gasteiger partial charge in [-0.25, -0.2) is 0 Å². The van der Waals surface area contributed by atoms with E-state index in [4.69, 9.17) is 14.2 Å². The van der Waals surface area contributed by atoms with E-state index in [1.165, 1.54) is 0 Å². The highest BCUT2D eigenvalue weighted by atomic mass is 16.5. The fourth-order valence-corrected chi connectivity index (χ4v) is 5.57. The van der Waals surface area contributed by atoms with E-state index in [0.29, 0.717) is 31.5 Å². The summed E-state index contributed by atoms with van der Waals surface area (Å²) < 4.78 is 18.6. The van der Waals surface area contributed by atoms with Crippen LogP contribution in [-0.4, -0.2) is 24.8 Å². The zero-order valence-electron chi connectivity index (χ0n) is 15.6. The lowest BCUT2D eigenvalue weighted by Crippen LogP contribution is -2.66. The fourth-order valence-electron chi connectivity index (χ4n) is 5.57. The first-order valence-electron chi connectivity index (χ1n) is 9.46. The van der Waals surface area contributed by atoms with Crippen molar-refractivity contribution < 1.29 is 19.0 Å². The molecule has 6 atom stereocenters. The van der Waals surface area contributed by atoms with Crippen molar-refractivity contribution in [2.75, 3.05) is 13.2 Å². The zero-order chi connectivity index (χ0) is 17.8. The van der Waals surface area contributed by atoms with E-state index in [2.05, 4.69) is 39.0 Å². The second-order valence-corrected chi connectivity index (χ2v) is 8.35. The largest absolute Gasteiger partial charge is 0.487 e. The van der Waals surface area contributed by atoms with Gasteiger partial charge in [-0.3, -0.25) is 4.79 Å². The highest BCUT2D eigenvalue weighted by Gasteiger charge is 2.64. The summed E-state index contributed by atoms with van der Waals surface area (Å²) in [7, 11) is 0. The lowest BCUT2D eigenvalue weighted by atomic mass is 9.50. The molecule has 4 nitrogen and oxygen atoms in total. The minimum Gasteiger partial charge on any atom is -0.487 e. The Balaban J connectivity index is 1.72. The van der Waals surface area contributed by atoms with Crippen LogP contribution in [0.2, 0.25) is 0 Å². The number of benzene rings is 1. The van der Waals surface area contributed by atoms with Gasteiger partial charge in [0.25, 0.3) is 0 Å². The van der Waals surface area contributed by atoms with Gasteiger partial charge in [0.15, 0.2) is 0 Å². The lowest BCUT2D eigenvalue weighted by Gasteiger charge is -2.63. The summed E-state index contributed by atoms with van der Waals surface area (Å²) in [5, 5.41) is 0. The van der Waals surface area contributed by atoms with Gasteiger partial charge < -0.3 is 14.2 Å². The van der Waals surface area contributed by atoms with E-state index in [0.717, 1.165) is 17.7 Å². The van der Waals surface area contributed by atoms with Crippen LogP contribution in [0.25, 0.3) is 0 Å². The number of para-hydroxylation sites is 1. The maximum atomic E-state index is 11.8. The topological polar surface area (TPSA) is 44.8 Å². The highest BCUT2D eigenvalue weighted by Crippen LogP contribution is 2.63. The van der Waals surface area contributed by atoms with Crippen molar-refractivity contribution in [2.24, 2.45) is 23.2 Å². The maximum Gasteiger partial charge on any atom is 0.305 e. The Labute approximate surface area is 149 Å². The molecule has 3 aliphatic rings. The van der Waals surface area contributed by atoms with Crippen LogP contribution in [-0.2, 0) is 14.3 Å². The lowest BCUT2D eigenvalue weighted by molar-refractivity contribution is -0.262. The van der Waals surface area contributed by atoms with E-state index in [-0.39, 0.29) is 29.0 Å². The number of esters is 1. The summed E-state index contributed by atoms with van der Waals surface area (Å²) in [5.41, 5.74) is 0.794. The molecule has 1 aromatic carbocycles. The molecule has 2 heterocycles. The standard InChI is InChI=1S/C21H28O4/c1-5-17(22)23-11-21-12-24-19-15-8-6-7-9-16(15)25-20(4,10-13(21)2)18(19)14(21)3/h6-9,13-14,18-19H,5,10-12H2,1-4H3/t13-,14+,18+,19+,20+,21-/m1/s1. The third-order valence-corrected chi connectivity index (χ3v) is 7.06. The van der Waals surface area contributed by atoms with Gasteiger partial charge in [-0.15, -0.1) is 0 Å². The van der Waals surface area contributed by atoms with E-state index < -0.39 is 0 Å². The van der Waals surface area contributed by atoms with Crippen LogP contribution in [0.3, 0.4) is 0 Å². The number of fused-ring (bicyclic) bond motifs is 3. The Morgan fingerprint density at radius 1 is 1.32 bits per heavy atom. The van der Waals surface area contributed by atoms with Crippen molar-refractivity contribution in [3.05, 3.63) is 29.8 Å². The number of rotatable bonds is 3. The van der Waals surface area contributed by atoms with Gasteiger partial charge in [0.2, 0.25) is 0 Å². The SMILES string of the molecule is CCC(=O)OC[C@@]12CO[C@H]3c4ccccc4O[C@@](C)(C[C@H]1C)[C@H]3[C@@H]2C. The molecule has 2 bridgehead atoms. The van der Waals surface area contributed by atoms with E-state index in [1.54, 1.807) is 0 Å². The average Bonchev–Trinajstić information content (AvgIpc) is 2.59. The second-order valence-electron chi connectivity index (χ2n) is 8.35. The predicted octanol–water partition coefficient (Wildman–Crippen LogP) is 4.14. The molecule has 0 aromatic heterocycles. The third kappa shape index (κ3) is 2.33. The Bertz CT molecular complexity index is 686. The molecule has 1 aromatic rings. The maximum absolute atomic E-state index is 11.8. The molecule has 4 heteroatoms. The molecular weight excluding hydrogens is 316 g/mol. The molecule has 0 unspecified atom stereocenters. The molecule has 1 saturated heterocycles. The second kappa shape index (κ2) is 5.73. The smallest absolute Gasteiger partial charge is 0.305 e. The summed E-state index contributed by atoms with van der Waals surface area (Å²) in [6.07, 6.45) is 1.44. The van der Waals surface area contributed by atoms with Gasteiger partial charge in [0.1, 0.15) is 11.4 Å². The molecule has 0 spiro atoms. The number of ether oxygens (including phenoxy) is 3. The molecule has 2 fully saturated rings. The van der Waals surface area contributed by atoms with Crippen LogP contribution >= 0.6 is 0 Å². The van der Waals surface area contributed by atoms with E-state index in [9.17, 15) is 4.79 Å². The molecular formula is C21H28O4. The quantitative estimate of drug-likeness (QED) is 0.773. The third-order valence-electron chi connectivity index (χ3n) is 7.06. The van der Waals surface area contributed by atoms with Gasteiger partial charge in [0, 0.05) is 23.3 Å². The van der Waals surface area contributed by atoms with Crippen LogP contribution in [0.15, 0.2) is 24.3 Å². The molecule has 0 N–H and O–H groups in total. The van der Waals surface area contributed by atoms with Gasteiger partial charge in [0.05, 0.1) is 19.3 Å². The van der Waals surface area contributed by atoms with Crippen molar-refractivity contribution in [1.82, 2.24) is 0 Å². The van der Waals surface area contributed by atoms with Gasteiger partial charge in [-0.05, 0) is 31.2 Å². The molecule has 2 aliphatic heterocycles. The molecule has 25 heavy (non-hydrogen) atoms. The number of hydrogen-bond acceptors (Lipinski definition) is 4. The first-order chi connectivity index (χ1) is 11.9. The van der Waals surface area contributed by atoms with Gasteiger partial charge in [-0.1, -0.05) is 39.0 Å². The van der Waals surface area contributed by atoms with Crippen molar-refractivity contribution in [1.29, 1.82) is 0 Å². The van der Waals surface area contributed by atoms with Crippen molar-refractivity contribution in [2.45, 2.75) is 52.2 Å². The Kier molecular flexibility index (Phi) is 3.87. The minimum atomic E-state index is -0.240. The summed E-state index contributed by atoms with van der Waals surface area (Å²) in [4.78, 5) is 11.8. The predicted molar refractivity (Wildman–Crippen MR) is 94.3 cm³/mol. The normalized spacial score (nSPS) is 41.4. The monoisotopic (exact) mass is 344 g/mol. The Morgan fingerprint density at radius 3 is 2.84 bits per heavy atom. The molecule has 0 amide bonds. The first kappa shape index (κ1) is 16.9. The van der Waals surface area contributed by atoms with Crippen LogP contribution in [0.4, 0.5) is 0 Å². The van der Waals surface area contributed by atoms with Gasteiger partial charge >= 0.3 is 5.97 Å². The number of carbonyl (C=O) groups excluding carboxylic acids is 1.